The Hall–Kier alpha value is -0.610. The first-order valence-corrected chi connectivity index (χ1v) is 7.37. The van der Waals surface area contributed by atoms with E-state index in [-0.39, 0.29) is 5.91 Å². The van der Waals surface area contributed by atoms with Crippen molar-refractivity contribution in [3.8, 4) is 0 Å². The minimum absolute atomic E-state index is 0.189. The summed E-state index contributed by atoms with van der Waals surface area (Å²) in [5, 5.41) is 6.59. The first kappa shape index (κ1) is 13.8. The second-order valence-electron chi connectivity index (χ2n) is 6.19. The molecule has 1 amide bonds. The van der Waals surface area contributed by atoms with Gasteiger partial charge in [-0.15, -0.1) is 0 Å². The maximum Gasteiger partial charge on any atom is 0.234 e. The van der Waals surface area contributed by atoms with Crippen LogP contribution in [0.4, 0.5) is 0 Å². The lowest BCUT2D eigenvalue weighted by molar-refractivity contribution is -0.122. The number of carbonyl (C=O) groups excluding carboxylic acids is 1. The molecular weight excluding hydrogens is 226 g/mol. The van der Waals surface area contributed by atoms with E-state index in [1.807, 2.05) is 0 Å². The standard InChI is InChI=1S/C14H27N3O/c1-11(2)5-7-16-14(18)10-17-8-12-4-3-6-15-13(12)9-17/h11-13,15H,3-10H2,1-2H3,(H,16,18)/t12-,13+/m0/s1. The Kier molecular flexibility index (Phi) is 5.01. The first-order valence-electron chi connectivity index (χ1n) is 7.37. The molecule has 2 rings (SSSR count). The molecule has 2 aliphatic rings. The van der Waals surface area contributed by atoms with Gasteiger partial charge in [0.15, 0.2) is 0 Å². The fourth-order valence-electron chi connectivity index (χ4n) is 3.02. The third-order valence-corrected chi connectivity index (χ3v) is 4.09. The molecule has 2 fully saturated rings. The summed E-state index contributed by atoms with van der Waals surface area (Å²) >= 11 is 0. The number of hydrogen-bond acceptors (Lipinski definition) is 3. The van der Waals surface area contributed by atoms with E-state index in [4.69, 9.17) is 0 Å². The lowest BCUT2D eigenvalue weighted by atomic mass is 9.94. The number of likely N-dealkylation sites (tertiary alicyclic amines) is 1. The Bertz CT molecular complexity index is 266. The minimum atomic E-state index is 0.189. The van der Waals surface area contributed by atoms with Crippen LogP contribution in [0.2, 0.25) is 0 Å². The topological polar surface area (TPSA) is 44.4 Å². The zero-order valence-corrected chi connectivity index (χ0v) is 11.7. The van der Waals surface area contributed by atoms with Crippen LogP contribution in [0.15, 0.2) is 0 Å². The van der Waals surface area contributed by atoms with Crippen molar-refractivity contribution in [2.45, 2.75) is 39.2 Å². The smallest absolute Gasteiger partial charge is 0.234 e. The molecule has 0 radical (unpaired) electrons. The summed E-state index contributed by atoms with van der Waals surface area (Å²) < 4.78 is 0. The van der Waals surface area contributed by atoms with Gasteiger partial charge < -0.3 is 10.6 Å². The zero-order valence-electron chi connectivity index (χ0n) is 11.7. The van der Waals surface area contributed by atoms with Gasteiger partial charge >= 0.3 is 0 Å². The summed E-state index contributed by atoms with van der Waals surface area (Å²) in [5.74, 6) is 1.61. The van der Waals surface area contributed by atoms with Crippen molar-refractivity contribution in [1.82, 2.24) is 15.5 Å². The number of carbonyl (C=O) groups is 1. The highest BCUT2D eigenvalue weighted by Gasteiger charge is 2.34. The average molecular weight is 253 g/mol. The normalized spacial score (nSPS) is 28.4. The van der Waals surface area contributed by atoms with Crippen LogP contribution < -0.4 is 10.6 Å². The fourth-order valence-corrected chi connectivity index (χ4v) is 3.02. The van der Waals surface area contributed by atoms with Crippen molar-refractivity contribution in [2.24, 2.45) is 11.8 Å². The molecule has 2 aliphatic heterocycles. The molecule has 2 N–H and O–H groups in total. The van der Waals surface area contributed by atoms with Gasteiger partial charge in [0.05, 0.1) is 6.54 Å². The van der Waals surface area contributed by atoms with Crippen molar-refractivity contribution in [1.29, 1.82) is 0 Å². The van der Waals surface area contributed by atoms with E-state index in [9.17, 15) is 4.79 Å². The van der Waals surface area contributed by atoms with Gasteiger partial charge in [0.2, 0.25) is 5.91 Å². The maximum absolute atomic E-state index is 11.8. The van der Waals surface area contributed by atoms with Crippen LogP contribution in [0.1, 0.15) is 33.1 Å². The van der Waals surface area contributed by atoms with Crippen molar-refractivity contribution in [3.63, 3.8) is 0 Å². The highest BCUT2D eigenvalue weighted by molar-refractivity contribution is 5.78. The van der Waals surface area contributed by atoms with Crippen LogP contribution in [-0.4, -0.2) is 49.6 Å². The van der Waals surface area contributed by atoms with E-state index in [1.54, 1.807) is 0 Å². The molecule has 2 atom stereocenters. The van der Waals surface area contributed by atoms with Crippen molar-refractivity contribution in [3.05, 3.63) is 0 Å². The van der Waals surface area contributed by atoms with Crippen molar-refractivity contribution in [2.75, 3.05) is 32.7 Å². The quantitative estimate of drug-likeness (QED) is 0.763. The second-order valence-corrected chi connectivity index (χ2v) is 6.19. The highest BCUT2D eigenvalue weighted by Crippen LogP contribution is 2.24. The Balaban J connectivity index is 1.66. The first-order chi connectivity index (χ1) is 8.65. The molecule has 18 heavy (non-hydrogen) atoms. The third-order valence-electron chi connectivity index (χ3n) is 4.09. The Morgan fingerprint density at radius 2 is 2.28 bits per heavy atom. The van der Waals surface area contributed by atoms with Crippen LogP contribution in [0.5, 0.6) is 0 Å². The van der Waals surface area contributed by atoms with Gasteiger partial charge in [-0.1, -0.05) is 13.8 Å². The predicted molar refractivity (Wildman–Crippen MR) is 73.4 cm³/mol. The largest absolute Gasteiger partial charge is 0.355 e. The molecule has 104 valence electrons. The Morgan fingerprint density at radius 3 is 3.00 bits per heavy atom. The number of amides is 1. The van der Waals surface area contributed by atoms with E-state index < -0.39 is 0 Å². The van der Waals surface area contributed by atoms with Gasteiger partial charge in [-0.25, -0.2) is 0 Å². The highest BCUT2D eigenvalue weighted by atomic mass is 16.2. The lowest BCUT2D eigenvalue weighted by Gasteiger charge is -2.24. The molecular formula is C14H27N3O. The third kappa shape index (κ3) is 3.95. The van der Waals surface area contributed by atoms with Gasteiger partial charge in [-0.3, -0.25) is 9.69 Å². The van der Waals surface area contributed by atoms with E-state index in [0.29, 0.717) is 18.5 Å². The monoisotopic (exact) mass is 253 g/mol. The molecule has 4 heteroatoms. The number of fused-ring (bicyclic) bond motifs is 1. The van der Waals surface area contributed by atoms with Crippen molar-refractivity contribution >= 4 is 5.91 Å². The van der Waals surface area contributed by atoms with Crippen LogP contribution in [0.3, 0.4) is 0 Å². The predicted octanol–water partition coefficient (Wildman–Crippen LogP) is 0.833. The molecule has 0 unspecified atom stereocenters. The van der Waals surface area contributed by atoms with E-state index >= 15 is 0 Å². The molecule has 0 bridgehead atoms. The lowest BCUT2D eigenvalue weighted by Crippen LogP contribution is -2.41. The summed E-state index contributed by atoms with van der Waals surface area (Å²) in [7, 11) is 0. The number of nitrogens with zero attached hydrogens (tertiary/aromatic N) is 1. The van der Waals surface area contributed by atoms with Crippen LogP contribution >= 0.6 is 0 Å². The molecule has 2 heterocycles. The molecule has 2 saturated heterocycles. The van der Waals surface area contributed by atoms with Crippen LogP contribution in [-0.2, 0) is 4.79 Å². The molecule has 0 aromatic carbocycles. The summed E-state index contributed by atoms with van der Waals surface area (Å²) in [6.07, 6.45) is 3.68. The SMILES string of the molecule is CC(C)CCNC(=O)CN1C[C@@H]2CCCN[C@@H]2C1. The number of piperidine rings is 1. The summed E-state index contributed by atoms with van der Waals surface area (Å²) in [5.41, 5.74) is 0. The molecule has 0 spiro atoms. The molecule has 0 aliphatic carbocycles. The Morgan fingerprint density at radius 1 is 1.44 bits per heavy atom. The van der Waals surface area contributed by atoms with Gasteiger partial charge in [-0.2, -0.15) is 0 Å². The zero-order chi connectivity index (χ0) is 13.0. The maximum atomic E-state index is 11.8. The summed E-state index contributed by atoms with van der Waals surface area (Å²) in [6, 6.07) is 0.627. The van der Waals surface area contributed by atoms with Gasteiger partial charge in [0.25, 0.3) is 0 Å². The summed E-state index contributed by atoms with van der Waals surface area (Å²) in [6.45, 7) is 9.04. The fraction of sp³-hybridized carbons (Fsp3) is 0.929. The molecule has 0 aromatic heterocycles. The number of rotatable bonds is 5. The minimum Gasteiger partial charge on any atom is -0.355 e. The van der Waals surface area contributed by atoms with Gasteiger partial charge in [-0.05, 0) is 37.6 Å². The Labute approximate surface area is 110 Å². The van der Waals surface area contributed by atoms with Crippen molar-refractivity contribution < 1.29 is 4.79 Å². The average Bonchev–Trinajstić information content (AvgIpc) is 2.70. The summed E-state index contributed by atoms with van der Waals surface area (Å²) in [4.78, 5) is 14.1. The second kappa shape index (κ2) is 6.53. The van der Waals surface area contributed by atoms with E-state index in [0.717, 1.165) is 38.5 Å². The number of nitrogens with one attached hydrogen (secondary N) is 2. The molecule has 4 nitrogen and oxygen atoms in total. The van der Waals surface area contributed by atoms with E-state index in [2.05, 4.69) is 29.4 Å². The van der Waals surface area contributed by atoms with E-state index in [1.165, 1.54) is 12.8 Å². The van der Waals surface area contributed by atoms with Crippen LogP contribution in [0.25, 0.3) is 0 Å². The van der Waals surface area contributed by atoms with Crippen LogP contribution in [0, 0.1) is 11.8 Å². The van der Waals surface area contributed by atoms with Gasteiger partial charge in [0.1, 0.15) is 0 Å². The molecule has 0 saturated carbocycles. The molecule has 0 aromatic rings. The number of hydrogen-bond donors (Lipinski definition) is 2. The van der Waals surface area contributed by atoms with Gasteiger partial charge in [0, 0.05) is 25.7 Å².